The van der Waals surface area contributed by atoms with Crippen LogP contribution in [0.4, 0.5) is 0 Å². The summed E-state index contributed by atoms with van der Waals surface area (Å²) in [6.07, 6.45) is 4.16. The lowest BCUT2D eigenvalue weighted by Crippen LogP contribution is -2.27. The molecule has 1 fully saturated rings. The second-order valence-electron chi connectivity index (χ2n) is 2.61. The summed E-state index contributed by atoms with van der Waals surface area (Å²) in [5, 5.41) is 0. The van der Waals surface area contributed by atoms with E-state index in [4.69, 9.17) is 11.5 Å². The van der Waals surface area contributed by atoms with E-state index >= 15 is 0 Å². The van der Waals surface area contributed by atoms with Crippen molar-refractivity contribution in [1.82, 2.24) is 0 Å². The van der Waals surface area contributed by atoms with E-state index in [1.165, 1.54) is 0 Å². The smallest absolute Gasteiger partial charge is 0.00377 e. The Kier molecular flexibility index (Phi) is 1.86. The molecule has 1 aliphatic carbocycles. The highest BCUT2D eigenvalue weighted by atomic mass is 14.7. The highest BCUT2D eigenvalue weighted by Crippen LogP contribution is 2.18. The van der Waals surface area contributed by atoms with Crippen LogP contribution in [0.2, 0.25) is 0 Å². The average Bonchev–Trinajstić information content (AvgIpc) is 1.77. The van der Waals surface area contributed by atoms with Crippen molar-refractivity contribution in [3.05, 3.63) is 5.73 Å². The van der Waals surface area contributed by atoms with Gasteiger partial charge in [-0.1, -0.05) is 12.8 Å². The number of hydrogen-bond acceptors (Lipinski definition) is 1. The van der Waals surface area contributed by atoms with Gasteiger partial charge >= 0.3 is 0 Å². The van der Waals surface area contributed by atoms with Crippen LogP contribution in [0.25, 0.3) is 5.73 Å². The minimum Gasteiger partial charge on any atom is -0.675 e. The van der Waals surface area contributed by atoms with Gasteiger partial charge in [-0.25, -0.2) is 0 Å². The summed E-state index contributed by atoms with van der Waals surface area (Å²) in [5.41, 5.74) is 12.9. The number of hydrogen-bond donors (Lipinski definition) is 1. The molecule has 0 aromatic heterocycles. The van der Waals surface area contributed by atoms with Crippen LogP contribution in [-0.4, -0.2) is 12.1 Å². The fourth-order valence-corrected chi connectivity index (χ4v) is 1.12. The molecule has 1 aliphatic rings. The molecule has 2 heteroatoms. The van der Waals surface area contributed by atoms with Gasteiger partial charge in [-0.15, -0.1) is 6.04 Å². The zero-order valence-corrected chi connectivity index (χ0v) is 5.06. The second kappa shape index (κ2) is 2.46. The van der Waals surface area contributed by atoms with E-state index in [1.807, 2.05) is 0 Å². The monoisotopic (exact) mass is 113 g/mol. The predicted molar refractivity (Wildman–Crippen MR) is 34.6 cm³/mol. The van der Waals surface area contributed by atoms with Crippen molar-refractivity contribution in [3.63, 3.8) is 0 Å². The van der Waals surface area contributed by atoms with Crippen molar-refractivity contribution >= 4 is 0 Å². The van der Waals surface area contributed by atoms with Gasteiger partial charge in [0.15, 0.2) is 0 Å². The van der Waals surface area contributed by atoms with Crippen molar-refractivity contribution < 1.29 is 0 Å². The normalized spacial score (nSPS) is 39.8. The number of nitrogens with one attached hydrogen (secondary N) is 1. The lowest BCUT2D eigenvalue weighted by Gasteiger charge is -2.28. The summed E-state index contributed by atoms with van der Waals surface area (Å²) >= 11 is 0. The molecular formula is C6H13N2-. The van der Waals surface area contributed by atoms with Crippen molar-refractivity contribution in [2.24, 2.45) is 5.73 Å². The maximum Gasteiger partial charge on any atom is 0.00377 e. The SMILES string of the molecule is [NH-]C1CCC(N)CC1. The first-order valence-corrected chi connectivity index (χ1v) is 3.26. The average molecular weight is 113 g/mol. The van der Waals surface area contributed by atoms with E-state index < -0.39 is 0 Å². The lowest BCUT2D eigenvalue weighted by atomic mass is 9.93. The van der Waals surface area contributed by atoms with Crippen molar-refractivity contribution in [3.8, 4) is 0 Å². The summed E-state index contributed by atoms with van der Waals surface area (Å²) in [6, 6.07) is 0.589. The number of rotatable bonds is 0. The highest BCUT2D eigenvalue weighted by molar-refractivity contribution is 4.82. The molecule has 2 nitrogen and oxygen atoms in total. The first kappa shape index (κ1) is 6.05. The zero-order chi connectivity index (χ0) is 5.98. The maximum absolute atomic E-state index is 7.31. The van der Waals surface area contributed by atoms with E-state index in [2.05, 4.69) is 0 Å². The van der Waals surface area contributed by atoms with Gasteiger partial charge in [-0.05, 0) is 12.8 Å². The molecule has 48 valence electrons. The van der Waals surface area contributed by atoms with Crippen LogP contribution >= 0.6 is 0 Å². The summed E-state index contributed by atoms with van der Waals surface area (Å²) in [4.78, 5) is 0. The van der Waals surface area contributed by atoms with Crippen LogP contribution in [0.15, 0.2) is 0 Å². The van der Waals surface area contributed by atoms with Crippen LogP contribution in [0.1, 0.15) is 25.7 Å². The minimum atomic E-state index is 0.190. The Hall–Kier alpha value is -0.0800. The molecule has 0 aromatic carbocycles. The van der Waals surface area contributed by atoms with Gasteiger partial charge in [0, 0.05) is 6.04 Å². The fourth-order valence-electron chi connectivity index (χ4n) is 1.12. The molecule has 0 spiro atoms. The van der Waals surface area contributed by atoms with Gasteiger partial charge in [0.1, 0.15) is 0 Å². The molecule has 0 bridgehead atoms. The van der Waals surface area contributed by atoms with Gasteiger partial charge in [-0.2, -0.15) is 0 Å². The van der Waals surface area contributed by atoms with Gasteiger partial charge in [-0.3, -0.25) is 0 Å². The van der Waals surface area contributed by atoms with Crippen LogP contribution in [0.5, 0.6) is 0 Å². The Bertz CT molecular complexity index is 54.9. The van der Waals surface area contributed by atoms with Gasteiger partial charge in [0.2, 0.25) is 0 Å². The lowest BCUT2D eigenvalue weighted by molar-refractivity contribution is 0.426. The molecule has 0 radical (unpaired) electrons. The van der Waals surface area contributed by atoms with Crippen molar-refractivity contribution in [1.29, 1.82) is 0 Å². The van der Waals surface area contributed by atoms with Gasteiger partial charge in [0.25, 0.3) is 0 Å². The molecule has 0 amide bonds. The van der Waals surface area contributed by atoms with Crippen LogP contribution < -0.4 is 5.73 Å². The molecule has 0 aliphatic heterocycles. The Morgan fingerprint density at radius 2 is 1.62 bits per heavy atom. The van der Waals surface area contributed by atoms with E-state index in [9.17, 15) is 0 Å². The van der Waals surface area contributed by atoms with Crippen LogP contribution in [0.3, 0.4) is 0 Å². The van der Waals surface area contributed by atoms with E-state index in [-0.39, 0.29) is 6.04 Å². The third-order valence-electron chi connectivity index (χ3n) is 1.77. The molecule has 0 heterocycles. The summed E-state index contributed by atoms with van der Waals surface area (Å²) in [7, 11) is 0. The fraction of sp³-hybridized carbons (Fsp3) is 1.00. The third kappa shape index (κ3) is 1.46. The Labute approximate surface area is 50.2 Å². The molecular weight excluding hydrogens is 100 g/mol. The predicted octanol–water partition coefficient (Wildman–Crippen LogP) is 1.31. The van der Waals surface area contributed by atoms with Gasteiger partial charge in [0.05, 0.1) is 0 Å². The Morgan fingerprint density at radius 1 is 1.12 bits per heavy atom. The highest BCUT2D eigenvalue weighted by Gasteiger charge is 2.09. The molecule has 0 unspecified atom stereocenters. The molecule has 0 saturated heterocycles. The van der Waals surface area contributed by atoms with Crippen molar-refractivity contribution in [2.75, 3.05) is 0 Å². The van der Waals surface area contributed by atoms with E-state index in [0.29, 0.717) is 6.04 Å². The topological polar surface area (TPSA) is 49.8 Å². The third-order valence-corrected chi connectivity index (χ3v) is 1.77. The van der Waals surface area contributed by atoms with Gasteiger partial charge < -0.3 is 11.5 Å². The second-order valence-corrected chi connectivity index (χ2v) is 2.61. The quantitative estimate of drug-likeness (QED) is 0.506. The Balaban J connectivity index is 2.19. The van der Waals surface area contributed by atoms with Crippen molar-refractivity contribution in [2.45, 2.75) is 37.8 Å². The molecule has 3 N–H and O–H groups in total. The summed E-state index contributed by atoms with van der Waals surface area (Å²) in [6.45, 7) is 0. The largest absolute Gasteiger partial charge is 0.675 e. The molecule has 8 heavy (non-hydrogen) atoms. The van der Waals surface area contributed by atoms with E-state index in [1.54, 1.807) is 0 Å². The summed E-state index contributed by atoms with van der Waals surface area (Å²) in [5.74, 6) is 0. The zero-order valence-electron chi connectivity index (χ0n) is 5.06. The van der Waals surface area contributed by atoms with E-state index in [0.717, 1.165) is 25.7 Å². The molecule has 1 saturated carbocycles. The van der Waals surface area contributed by atoms with Crippen LogP contribution in [0, 0.1) is 0 Å². The molecule has 1 rings (SSSR count). The molecule has 0 aromatic rings. The Morgan fingerprint density at radius 3 is 2.00 bits per heavy atom. The summed E-state index contributed by atoms with van der Waals surface area (Å²) < 4.78 is 0. The maximum atomic E-state index is 7.31. The standard InChI is InChI=1S/C6H13N2/c7-5-1-2-6(8)4-3-5/h5-7H,1-4,8H2/q-1. The first-order valence-electron chi connectivity index (χ1n) is 3.26. The minimum absolute atomic E-state index is 0.190. The number of nitrogens with two attached hydrogens (primary N) is 1. The molecule has 0 atom stereocenters. The first-order chi connectivity index (χ1) is 3.79. The van der Waals surface area contributed by atoms with Crippen LogP contribution in [-0.2, 0) is 0 Å².